The lowest BCUT2D eigenvalue weighted by molar-refractivity contribution is -0.0277. The molecule has 4 fully saturated rings. The average Bonchev–Trinajstić information content (AvgIpc) is 2.88. The molecule has 166 valence electrons. The van der Waals surface area contributed by atoms with E-state index in [4.69, 9.17) is 21.3 Å². The molecule has 2 bridgehead atoms. The summed E-state index contributed by atoms with van der Waals surface area (Å²) < 4.78 is 5.22. The molecular weight excluding hydrogens is 420 g/mol. The first-order valence-electron chi connectivity index (χ1n) is 12.0. The summed E-state index contributed by atoms with van der Waals surface area (Å²) in [6.07, 6.45) is 9.68. The van der Waals surface area contributed by atoms with Gasteiger partial charge in [0.15, 0.2) is 0 Å². The molecule has 1 aliphatic heterocycles. The zero-order valence-electron chi connectivity index (χ0n) is 18.6. The van der Waals surface area contributed by atoms with Gasteiger partial charge in [-0.15, -0.1) is 0 Å². The molecule has 2 heterocycles. The SMILES string of the molecule is CCOC(=O)N1CCC(=C2c3ccc(Cl)cc3CCc3cc(C45CC(C4)C5)cnc32)CC1. The number of piperidine rings is 1. The molecule has 0 unspecified atom stereocenters. The molecule has 0 radical (unpaired) electrons. The van der Waals surface area contributed by atoms with Crippen LogP contribution < -0.4 is 0 Å². The van der Waals surface area contributed by atoms with E-state index in [1.807, 2.05) is 17.9 Å². The minimum atomic E-state index is -0.202. The Bertz CT molecular complexity index is 1110. The molecule has 1 aromatic heterocycles. The number of nitrogens with zero attached hydrogens (tertiary/aromatic N) is 2. The normalized spacial score (nSPS) is 25.8. The van der Waals surface area contributed by atoms with E-state index < -0.39 is 0 Å². The second-order valence-electron chi connectivity index (χ2n) is 9.96. The maximum Gasteiger partial charge on any atom is 0.409 e. The zero-order chi connectivity index (χ0) is 21.9. The predicted octanol–water partition coefficient (Wildman–Crippen LogP) is 5.94. The summed E-state index contributed by atoms with van der Waals surface area (Å²) in [4.78, 5) is 19.1. The summed E-state index contributed by atoms with van der Waals surface area (Å²) >= 11 is 6.39. The summed E-state index contributed by atoms with van der Waals surface area (Å²) in [6.45, 7) is 3.66. The number of amides is 1. The topological polar surface area (TPSA) is 42.4 Å². The maximum atomic E-state index is 12.2. The van der Waals surface area contributed by atoms with E-state index in [1.165, 1.54) is 52.7 Å². The number of benzene rings is 1. The molecule has 4 nitrogen and oxygen atoms in total. The molecule has 2 aromatic rings. The van der Waals surface area contributed by atoms with Crippen molar-refractivity contribution in [3.63, 3.8) is 0 Å². The van der Waals surface area contributed by atoms with Crippen molar-refractivity contribution in [3.8, 4) is 0 Å². The van der Waals surface area contributed by atoms with Gasteiger partial charge in [-0.1, -0.05) is 29.3 Å². The number of fused-ring (bicyclic) bond motifs is 2. The summed E-state index contributed by atoms with van der Waals surface area (Å²) in [5.41, 5.74) is 9.62. The van der Waals surface area contributed by atoms with Crippen molar-refractivity contribution in [2.75, 3.05) is 19.7 Å². The van der Waals surface area contributed by atoms with Crippen LogP contribution >= 0.6 is 11.6 Å². The van der Waals surface area contributed by atoms with Crippen LogP contribution in [0.4, 0.5) is 4.79 Å². The highest BCUT2D eigenvalue weighted by Crippen LogP contribution is 2.65. The number of carbonyl (C=O) groups excluding carboxylic acids is 1. The number of rotatable bonds is 2. The van der Waals surface area contributed by atoms with Gasteiger partial charge in [0.1, 0.15) is 0 Å². The van der Waals surface area contributed by atoms with Gasteiger partial charge in [0.2, 0.25) is 0 Å². The highest BCUT2D eigenvalue weighted by atomic mass is 35.5. The fourth-order valence-corrected chi connectivity index (χ4v) is 6.43. The third-order valence-corrected chi connectivity index (χ3v) is 8.34. The Balaban J connectivity index is 1.41. The molecule has 1 saturated heterocycles. The van der Waals surface area contributed by atoms with E-state index in [0.717, 1.165) is 42.3 Å². The van der Waals surface area contributed by atoms with Crippen LogP contribution in [0.1, 0.15) is 67.0 Å². The molecule has 3 saturated carbocycles. The van der Waals surface area contributed by atoms with Crippen LogP contribution in [-0.2, 0) is 23.0 Å². The number of likely N-dealkylation sites (tertiary alicyclic amines) is 1. The van der Waals surface area contributed by atoms with Crippen LogP contribution in [0.25, 0.3) is 5.57 Å². The molecule has 0 spiro atoms. The van der Waals surface area contributed by atoms with Gasteiger partial charge in [0.25, 0.3) is 0 Å². The van der Waals surface area contributed by atoms with E-state index in [1.54, 1.807) is 0 Å². The van der Waals surface area contributed by atoms with E-state index in [0.29, 0.717) is 25.1 Å². The van der Waals surface area contributed by atoms with Crippen LogP contribution in [0.5, 0.6) is 0 Å². The Morgan fingerprint density at radius 3 is 2.56 bits per heavy atom. The van der Waals surface area contributed by atoms with Gasteiger partial charge in [-0.3, -0.25) is 4.98 Å². The number of pyridine rings is 1. The minimum Gasteiger partial charge on any atom is -0.450 e. The van der Waals surface area contributed by atoms with Gasteiger partial charge in [0, 0.05) is 29.9 Å². The third kappa shape index (κ3) is 3.18. The first-order valence-corrected chi connectivity index (χ1v) is 12.4. The Labute approximate surface area is 194 Å². The monoisotopic (exact) mass is 448 g/mol. The molecule has 5 aliphatic rings. The Morgan fingerprint density at radius 2 is 1.88 bits per heavy atom. The van der Waals surface area contributed by atoms with Gasteiger partial charge < -0.3 is 9.64 Å². The highest BCUT2D eigenvalue weighted by Gasteiger charge is 2.57. The lowest BCUT2D eigenvalue weighted by Crippen LogP contribution is -2.55. The lowest BCUT2D eigenvalue weighted by atomic mass is 9.42. The number of carbonyl (C=O) groups is 1. The van der Waals surface area contributed by atoms with Crippen molar-refractivity contribution < 1.29 is 9.53 Å². The Kier molecular flexibility index (Phi) is 4.83. The van der Waals surface area contributed by atoms with Gasteiger partial charge >= 0.3 is 6.09 Å². The van der Waals surface area contributed by atoms with E-state index >= 15 is 0 Å². The van der Waals surface area contributed by atoms with Crippen molar-refractivity contribution in [3.05, 3.63) is 69.0 Å². The van der Waals surface area contributed by atoms with E-state index in [2.05, 4.69) is 24.4 Å². The van der Waals surface area contributed by atoms with Crippen LogP contribution in [0, 0.1) is 5.92 Å². The molecule has 5 heteroatoms. The highest BCUT2D eigenvalue weighted by molar-refractivity contribution is 6.30. The smallest absolute Gasteiger partial charge is 0.409 e. The molecule has 32 heavy (non-hydrogen) atoms. The summed E-state index contributed by atoms with van der Waals surface area (Å²) in [7, 11) is 0. The summed E-state index contributed by atoms with van der Waals surface area (Å²) in [5, 5.41) is 0.790. The number of halogens is 1. The van der Waals surface area contributed by atoms with Crippen LogP contribution in [0.2, 0.25) is 5.02 Å². The number of aromatic nitrogens is 1. The first-order chi connectivity index (χ1) is 15.6. The van der Waals surface area contributed by atoms with Crippen molar-refractivity contribution >= 4 is 23.3 Å². The molecule has 4 aliphatic carbocycles. The van der Waals surface area contributed by atoms with Gasteiger partial charge in [-0.2, -0.15) is 0 Å². The quantitative estimate of drug-likeness (QED) is 0.571. The number of hydrogen-bond acceptors (Lipinski definition) is 3. The standard InChI is InChI=1S/C27H29ClN2O2/c1-2-32-26(31)30-9-7-18(8-10-30)24-23-6-5-22(28)12-19(23)3-4-20-11-21(16-29-25(20)24)27-13-17(14-27)15-27/h5-6,11-12,16-17H,2-4,7-10,13-15H2,1H3. The third-order valence-electron chi connectivity index (χ3n) is 8.10. The number of aryl methyl sites for hydroxylation is 2. The summed E-state index contributed by atoms with van der Waals surface area (Å²) in [6, 6.07) is 8.75. The predicted molar refractivity (Wildman–Crippen MR) is 126 cm³/mol. The summed E-state index contributed by atoms with van der Waals surface area (Å²) in [5.74, 6) is 0.961. The second kappa shape index (κ2) is 7.62. The van der Waals surface area contributed by atoms with Crippen LogP contribution in [0.15, 0.2) is 36.0 Å². The Hall–Kier alpha value is -2.33. The Morgan fingerprint density at radius 1 is 1.12 bits per heavy atom. The largest absolute Gasteiger partial charge is 0.450 e. The van der Waals surface area contributed by atoms with Crippen molar-refractivity contribution in [1.82, 2.24) is 9.88 Å². The van der Waals surface area contributed by atoms with E-state index in [-0.39, 0.29) is 6.09 Å². The molecule has 1 aromatic carbocycles. The van der Waals surface area contributed by atoms with Crippen LogP contribution in [0.3, 0.4) is 0 Å². The zero-order valence-corrected chi connectivity index (χ0v) is 19.4. The molecule has 1 amide bonds. The number of hydrogen-bond donors (Lipinski definition) is 0. The molecular formula is C27H29ClN2O2. The van der Waals surface area contributed by atoms with Crippen LogP contribution in [-0.4, -0.2) is 35.7 Å². The second-order valence-corrected chi connectivity index (χ2v) is 10.4. The fourth-order valence-electron chi connectivity index (χ4n) is 6.24. The van der Waals surface area contributed by atoms with Gasteiger partial charge in [-0.05, 0) is 97.6 Å². The first kappa shape index (κ1) is 20.3. The molecule has 0 N–H and O–H groups in total. The molecule has 0 atom stereocenters. The van der Waals surface area contributed by atoms with Crippen molar-refractivity contribution in [1.29, 1.82) is 0 Å². The molecule has 7 rings (SSSR count). The fraction of sp³-hybridized carbons (Fsp3) is 0.481. The van der Waals surface area contributed by atoms with Gasteiger partial charge in [0.05, 0.1) is 12.3 Å². The van der Waals surface area contributed by atoms with E-state index in [9.17, 15) is 4.79 Å². The van der Waals surface area contributed by atoms with Crippen molar-refractivity contribution in [2.45, 2.75) is 57.3 Å². The minimum absolute atomic E-state index is 0.202. The number of ether oxygens (including phenoxy) is 1. The maximum absolute atomic E-state index is 12.2. The van der Waals surface area contributed by atoms with Gasteiger partial charge in [-0.25, -0.2) is 4.79 Å². The van der Waals surface area contributed by atoms with Crippen molar-refractivity contribution in [2.24, 2.45) is 5.92 Å². The lowest BCUT2D eigenvalue weighted by Gasteiger charge is -2.62. The average molecular weight is 449 g/mol.